The van der Waals surface area contributed by atoms with Crippen LogP contribution in [-0.2, 0) is 30.5 Å². The molecule has 0 N–H and O–H groups in total. The Morgan fingerprint density at radius 2 is 1.74 bits per heavy atom. The molecule has 0 amide bonds. The van der Waals surface area contributed by atoms with Gasteiger partial charge in [-0.3, -0.25) is 14.4 Å². The van der Waals surface area contributed by atoms with Gasteiger partial charge in [-0.2, -0.15) is 0 Å². The van der Waals surface area contributed by atoms with Crippen LogP contribution in [0.3, 0.4) is 0 Å². The number of hydrogen-bond donors (Lipinski definition) is 0. The van der Waals surface area contributed by atoms with E-state index in [1.54, 1.807) is 13.8 Å². The molecule has 5 heteroatoms. The summed E-state index contributed by atoms with van der Waals surface area (Å²) < 4.78 is 10.5. The van der Waals surface area contributed by atoms with Gasteiger partial charge >= 0.3 is 5.97 Å². The van der Waals surface area contributed by atoms with Crippen molar-refractivity contribution in [3.05, 3.63) is 35.9 Å². The number of esters is 1. The Balaban J connectivity index is 2.44. The number of Topliss-reactive ketones (excluding diaryl/α,β-unsaturated/α-hetero) is 2. The van der Waals surface area contributed by atoms with E-state index < -0.39 is 11.9 Å². The molecule has 1 rings (SSSR count). The number of benzene rings is 1. The van der Waals surface area contributed by atoms with Gasteiger partial charge in [-0.15, -0.1) is 0 Å². The minimum Gasteiger partial charge on any atom is -0.465 e. The normalized spacial score (nSPS) is 13.2. The second-order valence-corrected chi connectivity index (χ2v) is 5.47. The number of carbonyl (C=O) groups is 3. The Morgan fingerprint density at radius 1 is 1.09 bits per heavy atom. The fourth-order valence-electron chi connectivity index (χ4n) is 2.14. The molecule has 5 nitrogen and oxygen atoms in total. The summed E-state index contributed by atoms with van der Waals surface area (Å²) in [6.07, 6.45) is -0.249. The van der Waals surface area contributed by atoms with Gasteiger partial charge in [-0.1, -0.05) is 30.3 Å². The van der Waals surface area contributed by atoms with Crippen molar-refractivity contribution >= 4 is 17.5 Å². The Kier molecular flexibility index (Phi) is 8.19. The van der Waals surface area contributed by atoms with Crippen LogP contribution in [0, 0.1) is 5.92 Å². The van der Waals surface area contributed by atoms with Crippen LogP contribution in [0.2, 0.25) is 0 Å². The predicted molar refractivity (Wildman–Crippen MR) is 85.7 cm³/mol. The van der Waals surface area contributed by atoms with Crippen molar-refractivity contribution in [3.8, 4) is 0 Å². The van der Waals surface area contributed by atoms with Crippen LogP contribution in [-0.4, -0.2) is 30.2 Å². The molecule has 0 aliphatic carbocycles. The molecule has 0 aliphatic heterocycles. The first kappa shape index (κ1) is 19.0. The van der Waals surface area contributed by atoms with Crippen LogP contribution in [0.5, 0.6) is 0 Å². The summed E-state index contributed by atoms with van der Waals surface area (Å²) in [7, 11) is 0. The third-order valence-electron chi connectivity index (χ3n) is 3.39. The van der Waals surface area contributed by atoms with Crippen LogP contribution in [0.4, 0.5) is 0 Å². The van der Waals surface area contributed by atoms with Crippen molar-refractivity contribution in [1.82, 2.24) is 0 Å². The first-order valence-electron chi connectivity index (χ1n) is 7.78. The molecule has 23 heavy (non-hydrogen) atoms. The first-order chi connectivity index (χ1) is 10.9. The van der Waals surface area contributed by atoms with Crippen molar-refractivity contribution in [2.24, 2.45) is 5.92 Å². The highest BCUT2D eigenvalue weighted by Gasteiger charge is 2.28. The standard InChI is InChI=1S/C18H24O5/c1-4-22-18(21)17(14(3)19)11-16(20)10-13(2)23-12-15-8-6-5-7-9-15/h5-9,13,17H,4,10-12H2,1-3H3. The Bertz CT molecular complexity index is 523. The lowest BCUT2D eigenvalue weighted by atomic mass is 9.96. The molecule has 0 saturated carbocycles. The molecule has 0 fully saturated rings. The smallest absolute Gasteiger partial charge is 0.316 e. The minimum absolute atomic E-state index is 0.132. The van der Waals surface area contributed by atoms with Crippen LogP contribution in [0.1, 0.15) is 39.2 Å². The summed E-state index contributed by atoms with van der Waals surface area (Å²) in [6, 6.07) is 9.66. The SMILES string of the molecule is CCOC(=O)C(CC(=O)CC(C)OCc1ccccc1)C(C)=O. The molecule has 0 aromatic heterocycles. The number of ketones is 2. The van der Waals surface area contributed by atoms with Gasteiger partial charge in [0.1, 0.15) is 17.5 Å². The second-order valence-electron chi connectivity index (χ2n) is 5.47. The molecule has 1 aromatic rings. The van der Waals surface area contributed by atoms with Gasteiger partial charge < -0.3 is 9.47 Å². The van der Waals surface area contributed by atoms with Crippen molar-refractivity contribution in [2.45, 2.75) is 46.3 Å². The molecular weight excluding hydrogens is 296 g/mol. The highest BCUT2D eigenvalue weighted by molar-refractivity contribution is 6.01. The second kappa shape index (κ2) is 9.90. The molecule has 0 saturated heterocycles. The fraction of sp³-hybridized carbons (Fsp3) is 0.500. The molecule has 2 unspecified atom stereocenters. The Hall–Kier alpha value is -2.01. The van der Waals surface area contributed by atoms with Gasteiger partial charge in [0.15, 0.2) is 0 Å². The average Bonchev–Trinajstić information content (AvgIpc) is 2.51. The largest absolute Gasteiger partial charge is 0.465 e. The highest BCUT2D eigenvalue weighted by atomic mass is 16.5. The van der Waals surface area contributed by atoms with Gasteiger partial charge in [-0.25, -0.2) is 0 Å². The Morgan fingerprint density at radius 3 is 2.30 bits per heavy atom. The van der Waals surface area contributed by atoms with E-state index in [1.807, 2.05) is 30.3 Å². The van der Waals surface area contributed by atoms with E-state index >= 15 is 0 Å². The van der Waals surface area contributed by atoms with Gasteiger partial charge in [0.25, 0.3) is 0 Å². The van der Waals surface area contributed by atoms with E-state index in [-0.39, 0.29) is 37.1 Å². The molecule has 0 bridgehead atoms. The summed E-state index contributed by atoms with van der Waals surface area (Å²) in [5, 5.41) is 0. The molecule has 2 atom stereocenters. The maximum Gasteiger partial charge on any atom is 0.316 e. The van der Waals surface area contributed by atoms with Gasteiger partial charge in [0.2, 0.25) is 0 Å². The van der Waals surface area contributed by atoms with Crippen LogP contribution in [0.15, 0.2) is 30.3 Å². The lowest BCUT2D eigenvalue weighted by Gasteiger charge is -2.15. The fourth-order valence-corrected chi connectivity index (χ4v) is 2.14. The highest BCUT2D eigenvalue weighted by Crippen LogP contribution is 2.13. The summed E-state index contributed by atoms with van der Waals surface area (Å²) in [5.41, 5.74) is 1.03. The number of ether oxygens (including phenoxy) is 2. The van der Waals surface area contributed by atoms with Crippen molar-refractivity contribution in [2.75, 3.05) is 6.61 Å². The van der Waals surface area contributed by atoms with Crippen molar-refractivity contribution in [1.29, 1.82) is 0 Å². The number of carbonyl (C=O) groups excluding carboxylic acids is 3. The van der Waals surface area contributed by atoms with Gasteiger partial charge in [0, 0.05) is 12.8 Å². The quantitative estimate of drug-likeness (QED) is 0.490. The number of rotatable bonds is 10. The molecular formula is C18H24O5. The molecule has 0 spiro atoms. The summed E-state index contributed by atoms with van der Waals surface area (Å²) in [6.45, 7) is 5.37. The number of hydrogen-bond acceptors (Lipinski definition) is 5. The predicted octanol–water partition coefficient (Wildman–Crippen LogP) is 2.71. The van der Waals surface area contributed by atoms with E-state index in [2.05, 4.69) is 0 Å². The lowest BCUT2D eigenvalue weighted by Crippen LogP contribution is -2.28. The molecule has 0 heterocycles. The zero-order valence-corrected chi connectivity index (χ0v) is 13.9. The topological polar surface area (TPSA) is 69.7 Å². The summed E-state index contributed by atoms with van der Waals surface area (Å²) in [5.74, 6) is -2.18. The Labute approximate surface area is 137 Å². The molecule has 0 radical (unpaired) electrons. The molecule has 126 valence electrons. The van der Waals surface area contributed by atoms with Crippen LogP contribution in [0.25, 0.3) is 0 Å². The average molecular weight is 320 g/mol. The van der Waals surface area contributed by atoms with E-state index in [0.717, 1.165) is 5.56 Å². The third kappa shape index (κ3) is 7.19. The lowest BCUT2D eigenvalue weighted by molar-refractivity contribution is -0.153. The van der Waals surface area contributed by atoms with Crippen molar-refractivity contribution in [3.63, 3.8) is 0 Å². The first-order valence-corrected chi connectivity index (χ1v) is 7.78. The minimum atomic E-state index is -1.01. The van der Waals surface area contributed by atoms with E-state index in [1.165, 1.54) is 6.92 Å². The van der Waals surface area contributed by atoms with E-state index in [9.17, 15) is 14.4 Å². The van der Waals surface area contributed by atoms with Crippen LogP contribution < -0.4 is 0 Å². The van der Waals surface area contributed by atoms with Crippen LogP contribution >= 0.6 is 0 Å². The summed E-state index contributed by atoms with van der Waals surface area (Å²) >= 11 is 0. The maximum absolute atomic E-state index is 12.0. The van der Waals surface area contributed by atoms with E-state index in [0.29, 0.717) is 6.61 Å². The van der Waals surface area contributed by atoms with Gasteiger partial charge in [-0.05, 0) is 26.3 Å². The zero-order chi connectivity index (χ0) is 17.2. The molecule has 0 aliphatic rings. The third-order valence-corrected chi connectivity index (χ3v) is 3.39. The zero-order valence-electron chi connectivity index (χ0n) is 13.9. The molecule has 1 aromatic carbocycles. The van der Waals surface area contributed by atoms with E-state index in [4.69, 9.17) is 9.47 Å². The maximum atomic E-state index is 12.0. The monoisotopic (exact) mass is 320 g/mol. The van der Waals surface area contributed by atoms with Gasteiger partial charge in [0.05, 0.1) is 19.3 Å². The summed E-state index contributed by atoms with van der Waals surface area (Å²) in [4.78, 5) is 35.2. The van der Waals surface area contributed by atoms with Crippen molar-refractivity contribution < 1.29 is 23.9 Å².